The van der Waals surface area contributed by atoms with Crippen LogP contribution in [-0.2, 0) is 21.4 Å². The number of nitrogens with one attached hydrogen (secondary N) is 2. The molecule has 0 bridgehead atoms. The second-order valence-corrected chi connectivity index (χ2v) is 8.48. The molecule has 6 heteroatoms. The molecule has 0 atom stereocenters. The largest absolute Gasteiger partial charge is 0.483 e. The molecule has 0 aliphatic carbocycles. The molecule has 0 heterocycles. The molecule has 156 valence electrons. The van der Waals surface area contributed by atoms with Crippen molar-refractivity contribution in [2.24, 2.45) is 0 Å². The molecule has 0 aliphatic rings. The normalized spacial score (nSPS) is 11.1. The van der Waals surface area contributed by atoms with Gasteiger partial charge in [-0.2, -0.15) is 0 Å². The molecule has 5 nitrogen and oxygen atoms in total. The van der Waals surface area contributed by atoms with Crippen LogP contribution >= 0.6 is 11.6 Å². The van der Waals surface area contributed by atoms with Crippen LogP contribution in [0.4, 0.5) is 0 Å². The van der Waals surface area contributed by atoms with Gasteiger partial charge in [-0.1, -0.05) is 62.2 Å². The van der Waals surface area contributed by atoms with E-state index in [4.69, 9.17) is 16.3 Å². The fourth-order valence-electron chi connectivity index (χ4n) is 2.80. The third kappa shape index (κ3) is 7.78. The molecule has 0 saturated heterocycles. The number of hydrogen-bond donors (Lipinski definition) is 2. The van der Waals surface area contributed by atoms with Gasteiger partial charge in [0.2, 0.25) is 5.91 Å². The number of carbonyl (C=O) groups excluding carboxylic acids is 2. The lowest BCUT2D eigenvalue weighted by Crippen LogP contribution is -2.37. The van der Waals surface area contributed by atoms with E-state index in [0.717, 1.165) is 22.4 Å². The van der Waals surface area contributed by atoms with E-state index < -0.39 is 0 Å². The summed E-state index contributed by atoms with van der Waals surface area (Å²) in [5.41, 5.74) is 3.03. The molecule has 0 aromatic heterocycles. The smallest absolute Gasteiger partial charge is 0.258 e. The first kappa shape index (κ1) is 22.8. The molecular weight excluding hydrogens is 388 g/mol. The highest BCUT2D eigenvalue weighted by atomic mass is 35.5. The zero-order valence-electron chi connectivity index (χ0n) is 17.5. The average molecular weight is 417 g/mol. The Labute approximate surface area is 177 Å². The first-order valence-electron chi connectivity index (χ1n) is 9.67. The molecular formula is C23H29ClN2O3. The molecule has 2 amide bonds. The minimum atomic E-state index is -0.225. The summed E-state index contributed by atoms with van der Waals surface area (Å²) in [6, 6.07) is 13.1. The molecule has 0 aliphatic heterocycles. The molecule has 2 rings (SSSR count). The second kappa shape index (κ2) is 10.3. The van der Waals surface area contributed by atoms with E-state index in [1.807, 2.05) is 31.2 Å². The average Bonchev–Trinajstić information content (AvgIpc) is 2.65. The fraction of sp³-hybridized carbons (Fsp3) is 0.391. The summed E-state index contributed by atoms with van der Waals surface area (Å²) in [5.74, 6) is 0.388. The van der Waals surface area contributed by atoms with Crippen LogP contribution in [0, 0.1) is 6.92 Å². The van der Waals surface area contributed by atoms with Crippen molar-refractivity contribution in [3.05, 3.63) is 64.2 Å². The Hall–Kier alpha value is -2.53. The molecule has 2 aromatic rings. The summed E-state index contributed by atoms with van der Waals surface area (Å²) in [4.78, 5) is 24.0. The Morgan fingerprint density at radius 1 is 0.966 bits per heavy atom. The van der Waals surface area contributed by atoms with Crippen LogP contribution in [0.15, 0.2) is 42.5 Å². The van der Waals surface area contributed by atoms with E-state index in [2.05, 4.69) is 37.5 Å². The lowest BCUT2D eigenvalue weighted by Gasteiger charge is -2.23. The Balaban J connectivity index is 1.71. The first-order chi connectivity index (χ1) is 13.6. The van der Waals surface area contributed by atoms with Crippen molar-refractivity contribution in [2.45, 2.75) is 39.5 Å². The van der Waals surface area contributed by atoms with Gasteiger partial charge in [0.15, 0.2) is 6.61 Å². The maximum atomic E-state index is 12.1. The molecule has 2 aromatic carbocycles. The van der Waals surface area contributed by atoms with Crippen molar-refractivity contribution in [3.8, 4) is 5.75 Å². The minimum Gasteiger partial charge on any atom is -0.483 e. The molecule has 0 spiro atoms. The van der Waals surface area contributed by atoms with Gasteiger partial charge in [-0.15, -0.1) is 0 Å². The van der Waals surface area contributed by atoms with Crippen molar-refractivity contribution in [1.82, 2.24) is 10.6 Å². The fourth-order valence-corrected chi connectivity index (χ4v) is 2.93. The molecule has 0 radical (unpaired) electrons. The summed E-state index contributed by atoms with van der Waals surface area (Å²) < 4.78 is 5.74. The predicted octanol–water partition coefficient (Wildman–Crippen LogP) is 3.80. The van der Waals surface area contributed by atoms with Gasteiger partial charge in [0.05, 0.1) is 6.42 Å². The third-order valence-electron chi connectivity index (χ3n) is 4.35. The number of amides is 2. The number of benzene rings is 2. The van der Waals surface area contributed by atoms with Gasteiger partial charge in [-0.25, -0.2) is 0 Å². The van der Waals surface area contributed by atoms with Crippen LogP contribution in [0.1, 0.15) is 37.5 Å². The monoisotopic (exact) mass is 416 g/mol. The zero-order chi connectivity index (χ0) is 21.4. The van der Waals surface area contributed by atoms with Crippen LogP contribution in [-0.4, -0.2) is 31.5 Å². The summed E-state index contributed by atoms with van der Waals surface area (Å²) in [7, 11) is 0. The van der Waals surface area contributed by atoms with E-state index in [1.54, 1.807) is 12.1 Å². The summed E-state index contributed by atoms with van der Waals surface area (Å²) in [6.45, 7) is 9.01. The molecule has 2 N–H and O–H groups in total. The maximum Gasteiger partial charge on any atom is 0.258 e. The lowest BCUT2D eigenvalue weighted by molar-refractivity contribution is -0.124. The second-order valence-electron chi connectivity index (χ2n) is 8.04. The maximum absolute atomic E-state index is 12.1. The van der Waals surface area contributed by atoms with Gasteiger partial charge >= 0.3 is 0 Å². The predicted molar refractivity (Wildman–Crippen MR) is 117 cm³/mol. The summed E-state index contributed by atoms with van der Waals surface area (Å²) in [5, 5.41) is 6.17. The molecule has 0 fully saturated rings. The van der Waals surface area contributed by atoms with Crippen LogP contribution in [0.3, 0.4) is 0 Å². The molecule has 0 saturated carbocycles. The van der Waals surface area contributed by atoms with Crippen molar-refractivity contribution >= 4 is 23.4 Å². The van der Waals surface area contributed by atoms with Crippen LogP contribution in [0.5, 0.6) is 5.75 Å². The van der Waals surface area contributed by atoms with Gasteiger partial charge in [0.1, 0.15) is 5.75 Å². The Bertz CT molecular complexity index is 842. The van der Waals surface area contributed by atoms with E-state index in [9.17, 15) is 9.59 Å². The van der Waals surface area contributed by atoms with Gasteiger partial charge in [-0.05, 0) is 41.7 Å². The van der Waals surface area contributed by atoms with Crippen LogP contribution < -0.4 is 15.4 Å². The van der Waals surface area contributed by atoms with Gasteiger partial charge in [-0.3, -0.25) is 9.59 Å². The number of ether oxygens (including phenoxy) is 1. The SMILES string of the molecule is Cc1ccc(OCC(=O)NCCNC(=O)Cc2ccc(Cl)cc2)c(C(C)(C)C)c1. The van der Waals surface area contributed by atoms with Crippen LogP contribution in [0.25, 0.3) is 0 Å². The van der Waals surface area contributed by atoms with Gasteiger partial charge in [0.25, 0.3) is 5.91 Å². The van der Waals surface area contributed by atoms with Gasteiger partial charge in [0, 0.05) is 18.1 Å². The lowest BCUT2D eigenvalue weighted by atomic mass is 9.85. The highest BCUT2D eigenvalue weighted by Gasteiger charge is 2.19. The highest BCUT2D eigenvalue weighted by molar-refractivity contribution is 6.30. The summed E-state index contributed by atoms with van der Waals surface area (Å²) >= 11 is 5.83. The van der Waals surface area contributed by atoms with Crippen LogP contribution in [0.2, 0.25) is 5.02 Å². The van der Waals surface area contributed by atoms with E-state index in [1.165, 1.54) is 0 Å². The summed E-state index contributed by atoms with van der Waals surface area (Å²) in [6.07, 6.45) is 0.275. The highest BCUT2D eigenvalue weighted by Crippen LogP contribution is 2.32. The Kier molecular flexibility index (Phi) is 8.09. The topological polar surface area (TPSA) is 67.4 Å². The first-order valence-corrected chi connectivity index (χ1v) is 10.0. The Morgan fingerprint density at radius 3 is 2.21 bits per heavy atom. The standard InChI is InChI=1S/C23H29ClN2O3/c1-16-5-10-20(19(13-16)23(2,3)4)29-15-22(28)26-12-11-25-21(27)14-17-6-8-18(24)9-7-17/h5-10,13H,11-12,14-15H2,1-4H3,(H,25,27)(H,26,28). The number of rotatable bonds is 8. The van der Waals surface area contributed by atoms with Crippen molar-refractivity contribution in [3.63, 3.8) is 0 Å². The van der Waals surface area contributed by atoms with Crippen molar-refractivity contribution < 1.29 is 14.3 Å². The minimum absolute atomic E-state index is 0.0646. The number of halogens is 1. The van der Waals surface area contributed by atoms with E-state index in [0.29, 0.717) is 18.1 Å². The molecule has 29 heavy (non-hydrogen) atoms. The Morgan fingerprint density at radius 2 is 1.59 bits per heavy atom. The van der Waals surface area contributed by atoms with Crippen molar-refractivity contribution in [2.75, 3.05) is 19.7 Å². The van der Waals surface area contributed by atoms with Gasteiger partial charge < -0.3 is 15.4 Å². The quantitative estimate of drug-likeness (QED) is 0.643. The van der Waals surface area contributed by atoms with E-state index >= 15 is 0 Å². The number of carbonyl (C=O) groups is 2. The third-order valence-corrected chi connectivity index (χ3v) is 4.60. The number of aryl methyl sites for hydroxylation is 1. The van der Waals surface area contributed by atoms with E-state index in [-0.39, 0.29) is 30.3 Å². The van der Waals surface area contributed by atoms with Crippen molar-refractivity contribution in [1.29, 1.82) is 0 Å². The number of hydrogen-bond acceptors (Lipinski definition) is 3. The zero-order valence-corrected chi connectivity index (χ0v) is 18.2. The molecule has 0 unspecified atom stereocenters.